The quantitative estimate of drug-likeness (QED) is 0.480. The second-order valence-corrected chi connectivity index (χ2v) is 6.43. The van der Waals surface area contributed by atoms with Crippen LogP contribution in [0, 0.1) is 0 Å². The summed E-state index contributed by atoms with van der Waals surface area (Å²) in [6.07, 6.45) is 4.59. The Hall–Kier alpha value is -1.29. The number of likely N-dealkylation sites (N-methyl/N-ethyl adjacent to an activating group) is 1. The van der Waals surface area contributed by atoms with Crippen LogP contribution in [0.4, 0.5) is 5.95 Å². The van der Waals surface area contributed by atoms with Crippen LogP contribution < -0.4 is 16.0 Å². The van der Waals surface area contributed by atoms with E-state index in [1.807, 2.05) is 0 Å². The number of likely N-dealkylation sites (tertiary alicyclic amines) is 1. The Kier molecular flexibility index (Phi) is 4.86. The summed E-state index contributed by atoms with van der Waals surface area (Å²) in [7, 11) is -3.57. The molecule has 1 fully saturated rings. The fraction of sp³-hybridized carbons (Fsp3) is 0.636. The van der Waals surface area contributed by atoms with Crippen molar-refractivity contribution in [1.29, 1.82) is 0 Å². The van der Waals surface area contributed by atoms with Crippen LogP contribution in [0.15, 0.2) is 17.3 Å². The third-order valence-electron chi connectivity index (χ3n) is 3.48. The molecule has 1 aliphatic rings. The van der Waals surface area contributed by atoms with Crippen LogP contribution >= 0.6 is 0 Å². The lowest BCUT2D eigenvalue weighted by atomic mass is 10.2. The van der Waals surface area contributed by atoms with E-state index in [0.717, 1.165) is 25.9 Å². The maximum absolute atomic E-state index is 12.1. The summed E-state index contributed by atoms with van der Waals surface area (Å²) < 4.78 is 26.9. The molecule has 4 N–H and O–H groups in total. The number of nitrogens with one attached hydrogen (secondary N) is 2. The van der Waals surface area contributed by atoms with Crippen LogP contribution in [0.5, 0.6) is 0 Å². The van der Waals surface area contributed by atoms with Crippen molar-refractivity contribution in [2.75, 3.05) is 25.1 Å². The average molecular weight is 300 g/mol. The molecule has 1 saturated heterocycles. The smallest absolute Gasteiger partial charge is 0.243 e. The topological polar surface area (TPSA) is 113 Å². The zero-order chi connectivity index (χ0) is 14.6. The van der Waals surface area contributed by atoms with Crippen molar-refractivity contribution in [2.24, 2.45) is 5.84 Å². The molecule has 1 aromatic rings. The van der Waals surface area contributed by atoms with E-state index >= 15 is 0 Å². The number of nitrogen functional groups attached to an aromatic ring is 1. The van der Waals surface area contributed by atoms with Gasteiger partial charge in [-0.3, -0.25) is 10.3 Å². The van der Waals surface area contributed by atoms with Crippen molar-refractivity contribution < 1.29 is 8.42 Å². The lowest BCUT2D eigenvalue weighted by molar-refractivity contribution is 0.268. The third-order valence-corrected chi connectivity index (χ3v) is 4.86. The van der Waals surface area contributed by atoms with E-state index in [2.05, 4.69) is 31.9 Å². The molecular weight excluding hydrogens is 280 g/mol. The van der Waals surface area contributed by atoms with Gasteiger partial charge in [0, 0.05) is 12.6 Å². The highest BCUT2D eigenvalue weighted by molar-refractivity contribution is 7.89. The summed E-state index contributed by atoms with van der Waals surface area (Å²) >= 11 is 0. The van der Waals surface area contributed by atoms with E-state index in [1.165, 1.54) is 12.4 Å². The Morgan fingerprint density at radius 1 is 1.45 bits per heavy atom. The zero-order valence-corrected chi connectivity index (χ0v) is 12.2. The molecule has 2 rings (SSSR count). The molecule has 1 aromatic heterocycles. The largest absolute Gasteiger partial charge is 0.299 e. The highest BCUT2D eigenvalue weighted by Crippen LogP contribution is 2.16. The number of rotatable bonds is 6. The summed E-state index contributed by atoms with van der Waals surface area (Å²) in [5, 5.41) is 0. The van der Waals surface area contributed by atoms with Gasteiger partial charge in [0.05, 0.1) is 12.4 Å². The van der Waals surface area contributed by atoms with Crippen LogP contribution in [0.1, 0.15) is 19.8 Å². The van der Waals surface area contributed by atoms with Crippen molar-refractivity contribution in [2.45, 2.75) is 30.7 Å². The minimum Gasteiger partial charge on any atom is -0.299 e. The number of nitrogens with two attached hydrogens (primary N) is 1. The lowest BCUT2D eigenvalue weighted by Crippen LogP contribution is -2.40. The van der Waals surface area contributed by atoms with Crippen LogP contribution in [0.2, 0.25) is 0 Å². The van der Waals surface area contributed by atoms with Crippen molar-refractivity contribution >= 4 is 16.0 Å². The van der Waals surface area contributed by atoms with Crippen molar-refractivity contribution in [1.82, 2.24) is 19.6 Å². The molecule has 1 unspecified atom stereocenters. The molecule has 9 heteroatoms. The summed E-state index contributed by atoms with van der Waals surface area (Å²) in [5.41, 5.74) is 2.25. The van der Waals surface area contributed by atoms with Gasteiger partial charge in [-0.15, -0.1) is 0 Å². The molecule has 20 heavy (non-hydrogen) atoms. The first kappa shape index (κ1) is 15.1. The van der Waals surface area contributed by atoms with Gasteiger partial charge < -0.3 is 0 Å². The van der Waals surface area contributed by atoms with Crippen molar-refractivity contribution in [3.05, 3.63) is 12.4 Å². The minimum atomic E-state index is -3.57. The molecule has 0 bridgehead atoms. The van der Waals surface area contributed by atoms with Gasteiger partial charge in [0.2, 0.25) is 16.0 Å². The van der Waals surface area contributed by atoms with Crippen LogP contribution in [-0.4, -0.2) is 49.0 Å². The first-order chi connectivity index (χ1) is 9.56. The Morgan fingerprint density at radius 3 is 2.75 bits per heavy atom. The summed E-state index contributed by atoms with van der Waals surface area (Å²) in [6, 6.07) is 0.265. The lowest BCUT2D eigenvalue weighted by Gasteiger charge is -2.22. The molecule has 112 valence electrons. The highest BCUT2D eigenvalue weighted by Gasteiger charge is 2.25. The maximum atomic E-state index is 12.1. The summed E-state index contributed by atoms with van der Waals surface area (Å²) in [5.74, 6) is 5.31. The number of hydrogen-bond acceptors (Lipinski definition) is 7. The molecule has 1 aliphatic heterocycles. The first-order valence-corrected chi connectivity index (χ1v) is 8.07. The monoisotopic (exact) mass is 300 g/mol. The number of hydrogen-bond donors (Lipinski definition) is 3. The normalized spacial score (nSPS) is 20.2. The first-order valence-electron chi connectivity index (χ1n) is 6.59. The van der Waals surface area contributed by atoms with Gasteiger partial charge in [-0.1, -0.05) is 6.92 Å². The highest BCUT2D eigenvalue weighted by atomic mass is 32.2. The predicted molar refractivity (Wildman–Crippen MR) is 75.3 cm³/mol. The van der Waals surface area contributed by atoms with Crippen LogP contribution in [0.3, 0.4) is 0 Å². The minimum absolute atomic E-state index is 0.0394. The van der Waals surface area contributed by atoms with E-state index in [9.17, 15) is 8.42 Å². The Morgan fingerprint density at radius 2 is 2.15 bits per heavy atom. The van der Waals surface area contributed by atoms with Crippen LogP contribution in [-0.2, 0) is 10.0 Å². The zero-order valence-electron chi connectivity index (χ0n) is 11.4. The predicted octanol–water partition coefficient (Wildman–Crippen LogP) is -0.475. The van der Waals surface area contributed by atoms with Crippen LogP contribution in [0.25, 0.3) is 0 Å². The number of nitrogens with zero attached hydrogens (tertiary/aromatic N) is 3. The number of aromatic nitrogens is 2. The van der Waals surface area contributed by atoms with Crippen molar-refractivity contribution in [3.8, 4) is 0 Å². The molecular formula is C11H20N6O2S. The van der Waals surface area contributed by atoms with Gasteiger partial charge in [0.15, 0.2) is 0 Å². The Labute approximate surface area is 118 Å². The molecule has 2 heterocycles. The maximum Gasteiger partial charge on any atom is 0.243 e. The summed E-state index contributed by atoms with van der Waals surface area (Å²) in [4.78, 5) is 9.91. The fourth-order valence-electron chi connectivity index (χ4n) is 2.36. The number of hydrazine groups is 1. The Bertz CT molecular complexity index is 532. The van der Waals surface area contributed by atoms with Gasteiger partial charge in [-0.05, 0) is 25.9 Å². The number of sulfonamides is 1. The standard InChI is InChI=1S/C11H20N6O2S/c1-2-17-5-3-4-9(17)6-15-20(18,19)10-7-13-11(16-12)14-8-10/h7-9,15H,2-6,12H2,1H3,(H,13,14,16). The second kappa shape index (κ2) is 6.44. The number of anilines is 1. The average Bonchev–Trinajstić information content (AvgIpc) is 2.93. The van der Waals surface area contributed by atoms with Gasteiger partial charge in [0.1, 0.15) is 4.90 Å². The summed E-state index contributed by atoms with van der Waals surface area (Å²) in [6.45, 7) is 4.46. The fourth-order valence-corrected chi connectivity index (χ4v) is 3.32. The van der Waals surface area contributed by atoms with E-state index in [0.29, 0.717) is 6.54 Å². The molecule has 0 spiro atoms. The second-order valence-electron chi connectivity index (χ2n) is 4.66. The van der Waals surface area contributed by atoms with Gasteiger partial charge in [0.25, 0.3) is 0 Å². The van der Waals surface area contributed by atoms with Gasteiger partial charge >= 0.3 is 0 Å². The van der Waals surface area contributed by atoms with E-state index in [4.69, 9.17) is 5.84 Å². The Balaban J connectivity index is 1.99. The molecule has 0 saturated carbocycles. The molecule has 0 aromatic carbocycles. The SMILES string of the molecule is CCN1CCCC1CNS(=O)(=O)c1cnc(NN)nc1. The molecule has 8 nitrogen and oxygen atoms in total. The van der Waals surface area contributed by atoms with E-state index in [1.54, 1.807) is 0 Å². The molecule has 0 radical (unpaired) electrons. The van der Waals surface area contributed by atoms with E-state index in [-0.39, 0.29) is 16.9 Å². The molecule has 0 aliphatic carbocycles. The van der Waals surface area contributed by atoms with Crippen molar-refractivity contribution in [3.63, 3.8) is 0 Å². The van der Waals surface area contributed by atoms with Gasteiger partial charge in [-0.25, -0.2) is 29.0 Å². The van der Waals surface area contributed by atoms with E-state index < -0.39 is 10.0 Å². The molecule has 0 amide bonds. The van der Waals surface area contributed by atoms with Gasteiger partial charge in [-0.2, -0.15) is 0 Å². The molecule has 1 atom stereocenters. The third kappa shape index (κ3) is 3.42.